The van der Waals surface area contributed by atoms with Gasteiger partial charge in [-0.1, -0.05) is 42.1 Å². The highest BCUT2D eigenvalue weighted by molar-refractivity contribution is 7.98. The van der Waals surface area contributed by atoms with E-state index in [9.17, 15) is 9.59 Å². The summed E-state index contributed by atoms with van der Waals surface area (Å²) in [7, 11) is 0. The molecule has 0 saturated carbocycles. The van der Waals surface area contributed by atoms with Crippen LogP contribution in [0.25, 0.3) is 32.0 Å². The van der Waals surface area contributed by atoms with Crippen LogP contribution in [0.3, 0.4) is 0 Å². The molecule has 2 aromatic carbocycles. The van der Waals surface area contributed by atoms with E-state index in [1.54, 1.807) is 22.0 Å². The Morgan fingerprint density at radius 2 is 1.94 bits per heavy atom. The van der Waals surface area contributed by atoms with Gasteiger partial charge < -0.3 is 4.42 Å². The summed E-state index contributed by atoms with van der Waals surface area (Å²) in [6, 6.07) is 13.5. The largest absolute Gasteiger partial charge is 0.423 e. The summed E-state index contributed by atoms with van der Waals surface area (Å²) < 4.78 is 7.27. The SMILES string of the molecule is CCn1c(SCc2cc(=O)oc3ccc4ccccc4c23)nc2sc3c(c2c1=O)CCCC3. The minimum absolute atomic E-state index is 0.0623. The van der Waals surface area contributed by atoms with Crippen LogP contribution in [0, 0.1) is 0 Å². The van der Waals surface area contributed by atoms with Crippen LogP contribution in [0.2, 0.25) is 0 Å². The number of aryl methyl sites for hydroxylation is 2. The predicted octanol–water partition coefficient (Wildman–Crippen LogP) is 5.91. The van der Waals surface area contributed by atoms with Gasteiger partial charge in [-0.05, 0) is 60.6 Å². The molecule has 1 aliphatic carbocycles. The van der Waals surface area contributed by atoms with Crippen molar-refractivity contribution in [1.29, 1.82) is 0 Å². The lowest BCUT2D eigenvalue weighted by atomic mass is 9.97. The van der Waals surface area contributed by atoms with Crippen LogP contribution in [-0.2, 0) is 25.1 Å². The zero-order valence-electron chi connectivity index (χ0n) is 18.2. The van der Waals surface area contributed by atoms with Gasteiger partial charge in [0, 0.05) is 28.6 Å². The van der Waals surface area contributed by atoms with Gasteiger partial charge in [-0.25, -0.2) is 9.78 Å². The molecule has 33 heavy (non-hydrogen) atoms. The quantitative estimate of drug-likeness (QED) is 0.140. The van der Waals surface area contributed by atoms with Crippen molar-refractivity contribution in [2.24, 2.45) is 0 Å². The lowest BCUT2D eigenvalue weighted by Gasteiger charge is -2.13. The maximum atomic E-state index is 13.4. The first-order chi connectivity index (χ1) is 16.1. The van der Waals surface area contributed by atoms with Crippen LogP contribution in [0.15, 0.2) is 61.6 Å². The van der Waals surface area contributed by atoms with E-state index >= 15 is 0 Å². The molecule has 5 nitrogen and oxygen atoms in total. The smallest absolute Gasteiger partial charge is 0.336 e. The van der Waals surface area contributed by atoms with Gasteiger partial charge in [-0.15, -0.1) is 11.3 Å². The van der Waals surface area contributed by atoms with Gasteiger partial charge in [-0.3, -0.25) is 9.36 Å². The average Bonchev–Trinajstić information content (AvgIpc) is 3.20. The van der Waals surface area contributed by atoms with E-state index in [1.165, 1.54) is 28.6 Å². The molecule has 0 amide bonds. The first-order valence-electron chi connectivity index (χ1n) is 11.3. The molecular formula is C26H22N2O3S2. The highest BCUT2D eigenvalue weighted by atomic mass is 32.2. The second-order valence-corrected chi connectivity index (χ2v) is 10.4. The zero-order valence-corrected chi connectivity index (χ0v) is 19.9. The topological polar surface area (TPSA) is 65.1 Å². The van der Waals surface area contributed by atoms with E-state index in [1.807, 2.05) is 37.3 Å². The van der Waals surface area contributed by atoms with Crippen molar-refractivity contribution in [3.8, 4) is 0 Å². The molecule has 0 bridgehead atoms. The number of nitrogens with zero attached hydrogens (tertiary/aromatic N) is 2. The first kappa shape index (κ1) is 20.7. The Balaban J connectivity index is 1.47. The Labute approximate surface area is 198 Å². The minimum atomic E-state index is -0.365. The number of benzene rings is 2. The fraction of sp³-hybridized carbons (Fsp3) is 0.269. The first-order valence-corrected chi connectivity index (χ1v) is 13.1. The van der Waals surface area contributed by atoms with Crippen molar-refractivity contribution in [2.75, 3.05) is 0 Å². The van der Waals surface area contributed by atoms with E-state index < -0.39 is 0 Å². The normalized spacial score (nSPS) is 13.7. The summed E-state index contributed by atoms with van der Waals surface area (Å²) in [6.07, 6.45) is 4.34. The second-order valence-electron chi connectivity index (χ2n) is 8.37. The van der Waals surface area contributed by atoms with Gasteiger partial charge in [0.1, 0.15) is 10.4 Å². The van der Waals surface area contributed by atoms with Crippen LogP contribution in [0.1, 0.15) is 35.8 Å². The fourth-order valence-electron chi connectivity index (χ4n) is 4.89. The molecule has 0 unspecified atom stereocenters. The van der Waals surface area contributed by atoms with Gasteiger partial charge in [0.25, 0.3) is 5.56 Å². The lowest BCUT2D eigenvalue weighted by Crippen LogP contribution is -2.23. The molecule has 0 spiro atoms. The third-order valence-corrected chi connectivity index (χ3v) is 8.64. The fourth-order valence-corrected chi connectivity index (χ4v) is 7.23. The average molecular weight is 475 g/mol. The van der Waals surface area contributed by atoms with Gasteiger partial charge in [0.15, 0.2) is 5.16 Å². The molecule has 7 heteroatoms. The van der Waals surface area contributed by atoms with E-state index in [0.29, 0.717) is 23.0 Å². The van der Waals surface area contributed by atoms with E-state index in [4.69, 9.17) is 9.40 Å². The van der Waals surface area contributed by atoms with Crippen LogP contribution in [-0.4, -0.2) is 9.55 Å². The predicted molar refractivity (Wildman–Crippen MR) is 136 cm³/mol. The molecule has 0 aliphatic heterocycles. The highest BCUT2D eigenvalue weighted by Crippen LogP contribution is 2.36. The summed E-state index contributed by atoms with van der Waals surface area (Å²) in [5.41, 5.74) is 2.39. The van der Waals surface area contributed by atoms with Gasteiger partial charge in [0.2, 0.25) is 0 Å². The number of hydrogen-bond donors (Lipinski definition) is 0. The number of fused-ring (bicyclic) bond motifs is 6. The van der Waals surface area contributed by atoms with Crippen LogP contribution >= 0.6 is 23.1 Å². The Bertz CT molecular complexity index is 1660. The molecule has 3 aromatic heterocycles. The molecule has 0 N–H and O–H groups in total. The maximum absolute atomic E-state index is 13.4. The molecule has 6 rings (SSSR count). The summed E-state index contributed by atoms with van der Waals surface area (Å²) >= 11 is 3.18. The van der Waals surface area contributed by atoms with E-state index in [0.717, 1.165) is 51.2 Å². The standard InChI is InChI=1S/C26H22N2O3S2/c1-2-28-25(30)23-18-9-5-6-10-20(18)33-24(23)27-26(28)32-14-16-13-21(29)31-19-12-11-15-7-3-4-8-17(15)22(16)19/h3-4,7-8,11-13H,2,5-6,9-10,14H2,1H3. The zero-order chi connectivity index (χ0) is 22.5. The Kier molecular flexibility index (Phi) is 5.11. The minimum Gasteiger partial charge on any atom is -0.423 e. The van der Waals surface area contributed by atoms with Crippen molar-refractivity contribution in [2.45, 2.75) is 50.1 Å². The number of thiophene rings is 1. The molecule has 166 valence electrons. The molecule has 0 saturated heterocycles. The third kappa shape index (κ3) is 3.42. The maximum Gasteiger partial charge on any atom is 0.336 e. The molecule has 0 atom stereocenters. The number of hydrogen-bond acceptors (Lipinski definition) is 6. The van der Waals surface area contributed by atoms with Crippen molar-refractivity contribution in [3.63, 3.8) is 0 Å². The van der Waals surface area contributed by atoms with E-state index in [-0.39, 0.29) is 11.2 Å². The third-order valence-electron chi connectivity index (χ3n) is 6.43. The van der Waals surface area contributed by atoms with Crippen LogP contribution in [0.4, 0.5) is 0 Å². The van der Waals surface area contributed by atoms with Crippen molar-refractivity contribution in [1.82, 2.24) is 9.55 Å². The Morgan fingerprint density at radius 3 is 2.82 bits per heavy atom. The van der Waals surface area contributed by atoms with E-state index in [2.05, 4.69) is 6.07 Å². The Morgan fingerprint density at radius 1 is 1.09 bits per heavy atom. The summed E-state index contributed by atoms with van der Waals surface area (Å²) in [4.78, 5) is 32.8. The van der Waals surface area contributed by atoms with Gasteiger partial charge >= 0.3 is 5.63 Å². The van der Waals surface area contributed by atoms with Crippen molar-refractivity contribution < 1.29 is 4.42 Å². The molecular weight excluding hydrogens is 452 g/mol. The number of rotatable bonds is 4. The van der Waals surface area contributed by atoms with Crippen molar-refractivity contribution in [3.05, 3.63) is 79.2 Å². The molecule has 5 aromatic rings. The number of aromatic nitrogens is 2. The lowest BCUT2D eigenvalue weighted by molar-refractivity contribution is 0.560. The summed E-state index contributed by atoms with van der Waals surface area (Å²) in [6.45, 7) is 2.55. The Hall–Kier alpha value is -2.90. The molecule has 0 fully saturated rings. The van der Waals surface area contributed by atoms with Gasteiger partial charge in [0.05, 0.1) is 5.39 Å². The number of thioether (sulfide) groups is 1. The van der Waals surface area contributed by atoms with Gasteiger partial charge in [-0.2, -0.15) is 0 Å². The monoisotopic (exact) mass is 474 g/mol. The van der Waals surface area contributed by atoms with Crippen molar-refractivity contribution >= 4 is 55.1 Å². The second kappa shape index (κ2) is 8.15. The summed E-state index contributed by atoms with van der Waals surface area (Å²) in [5, 5.41) is 4.61. The van der Waals surface area contributed by atoms with Crippen LogP contribution in [0.5, 0.6) is 0 Å². The molecule has 0 radical (unpaired) electrons. The highest BCUT2D eigenvalue weighted by Gasteiger charge is 2.22. The summed E-state index contributed by atoms with van der Waals surface area (Å²) in [5.74, 6) is 0.527. The van der Waals surface area contributed by atoms with Crippen LogP contribution < -0.4 is 11.2 Å². The molecule has 3 heterocycles. The molecule has 1 aliphatic rings.